The molecule has 2 aliphatic rings. The number of piperidine rings is 1. The molecule has 1 amide bonds. The van der Waals surface area contributed by atoms with Gasteiger partial charge in [-0.25, -0.2) is 4.99 Å². The quantitative estimate of drug-likeness (QED) is 0.397. The molecule has 0 saturated carbocycles. The molecule has 2 fully saturated rings. The number of likely N-dealkylation sites (N-methyl/N-ethyl adjacent to an activating group) is 1. The summed E-state index contributed by atoms with van der Waals surface area (Å²) in [5.41, 5.74) is 1.21. The van der Waals surface area contributed by atoms with E-state index in [1.165, 1.54) is 5.57 Å². The van der Waals surface area contributed by atoms with E-state index in [1.807, 2.05) is 0 Å². The van der Waals surface area contributed by atoms with Crippen LogP contribution in [0.25, 0.3) is 0 Å². The number of amides is 1. The number of guanidine groups is 1. The molecule has 0 spiro atoms. The van der Waals surface area contributed by atoms with E-state index in [9.17, 15) is 4.79 Å². The first-order chi connectivity index (χ1) is 12.4. The number of rotatable bonds is 7. The molecule has 148 valence electrons. The van der Waals surface area contributed by atoms with Gasteiger partial charge in [-0.15, -0.1) is 0 Å². The summed E-state index contributed by atoms with van der Waals surface area (Å²) in [5, 5.41) is 6.87. The van der Waals surface area contributed by atoms with Crippen molar-refractivity contribution in [2.45, 2.75) is 44.8 Å². The van der Waals surface area contributed by atoms with Crippen LogP contribution in [-0.4, -0.2) is 87.2 Å². The normalized spacial score (nSPS) is 22.3. The third-order valence-corrected chi connectivity index (χ3v) is 4.81. The van der Waals surface area contributed by atoms with Crippen LogP contribution in [0.3, 0.4) is 0 Å². The van der Waals surface area contributed by atoms with Crippen molar-refractivity contribution >= 4 is 11.9 Å². The van der Waals surface area contributed by atoms with E-state index >= 15 is 0 Å². The SMILES string of the molecule is C=C(C)CN1CCC(NC(=NCC(=O)N(C)C)NCC2CCCO2)CC1. The van der Waals surface area contributed by atoms with Crippen LogP contribution < -0.4 is 10.6 Å². The van der Waals surface area contributed by atoms with Gasteiger partial charge in [-0.05, 0) is 32.6 Å². The van der Waals surface area contributed by atoms with Gasteiger partial charge in [0.1, 0.15) is 6.54 Å². The van der Waals surface area contributed by atoms with Crippen molar-refractivity contribution in [3.63, 3.8) is 0 Å². The maximum absolute atomic E-state index is 11.9. The van der Waals surface area contributed by atoms with Crippen LogP contribution >= 0.6 is 0 Å². The number of nitrogens with zero attached hydrogens (tertiary/aromatic N) is 3. The Hall–Kier alpha value is -1.60. The van der Waals surface area contributed by atoms with Crippen molar-refractivity contribution in [3.8, 4) is 0 Å². The highest BCUT2D eigenvalue weighted by atomic mass is 16.5. The third-order valence-electron chi connectivity index (χ3n) is 4.81. The summed E-state index contributed by atoms with van der Waals surface area (Å²) in [6.45, 7) is 10.9. The molecule has 0 aromatic heterocycles. The first kappa shape index (κ1) is 20.7. The van der Waals surface area contributed by atoms with Crippen LogP contribution in [0.15, 0.2) is 17.1 Å². The van der Waals surface area contributed by atoms with E-state index in [-0.39, 0.29) is 18.6 Å². The summed E-state index contributed by atoms with van der Waals surface area (Å²) in [6.07, 6.45) is 4.57. The molecular formula is C19H35N5O2. The summed E-state index contributed by atoms with van der Waals surface area (Å²) in [4.78, 5) is 20.4. The van der Waals surface area contributed by atoms with Crippen molar-refractivity contribution in [1.82, 2.24) is 20.4 Å². The molecule has 1 unspecified atom stereocenters. The van der Waals surface area contributed by atoms with Crippen molar-refractivity contribution in [2.75, 3.05) is 53.4 Å². The standard InChI is InChI=1S/C19H35N5O2/c1-15(2)14-24-9-7-16(8-10-24)22-19(21-13-18(25)23(3)4)20-12-17-6-5-11-26-17/h16-17H,1,5-14H2,2-4H3,(H2,20,21,22). The molecular weight excluding hydrogens is 330 g/mol. The van der Waals surface area contributed by atoms with Gasteiger partial charge in [-0.2, -0.15) is 0 Å². The number of carbonyl (C=O) groups excluding carboxylic acids is 1. The first-order valence-corrected chi connectivity index (χ1v) is 9.67. The Labute approximate surface area is 157 Å². The Morgan fingerprint density at radius 1 is 1.31 bits per heavy atom. The molecule has 2 rings (SSSR count). The number of hydrogen-bond donors (Lipinski definition) is 2. The van der Waals surface area contributed by atoms with Gasteiger partial charge in [0.05, 0.1) is 6.10 Å². The highest BCUT2D eigenvalue weighted by molar-refractivity contribution is 5.84. The fraction of sp³-hybridized carbons (Fsp3) is 0.789. The van der Waals surface area contributed by atoms with E-state index in [0.717, 1.165) is 58.5 Å². The maximum Gasteiger partial charge on any atom is 0.243 e. The Kier molecular flexibility index (Phi) is 8.38. The summed E-state index contributed by atoms with van der Waals surface area (Å²) in [6, 6.07) is 0.376. The molecule has 1 atom stereocenters. The zero-order chi connectivity index (χ0) is 18.9. The van der Waals surface area contributed by atoms with E-state index in [0.29, 0.717) is 12.0 Å². The predicted octanol–water partition coefficient (Wildman–Crippen LogP) is 0.829. The van der Waals surface area contributed by atoms with Crippen LogP contribution in [0, 0.1) is 0 Å². The molecule has 0 radical (unpaired) electrons. The van der Waals surface area contributed by atoms with Crippen LogP contribution in [0.4, 0.5) is 0 Å². The molecule has 7 heteroatoms. The second-order valence-corrected chi connectivity index (χ2v) is 7.62. The highest BCUT2D eigenvalue weighted by Gasteiger charge is 2.21. The molecule has 7 nitrogen and oxygen atoms in total. The number of likely N-dealkylation sites (tertiary alicyclic amines) is 1. The Morgan fingerprint density at radius 3 is 2.62 bits per heavy atom. The molecule has 2 saturated heterocycles. The number of aliphatic imine (C=N–C) groups is 1. The van der Waals surface area contributed by atoms with Crippen LogP contribution in [0.1, 0.15) is 32.6 Å². The Morgan fingerprint density at radius 2 is 2.04 bits per heavy atom. The topological polar surface area (TPSA) is 69.2 Å². The van der Waals surface area contributed by atoms with Gasteiger partial charge in [0.2, 0.25) is 5.91 Å². The lowest BCUT2D eigenvalue weighted by molar-refractivity contribution is -0.127. The van der Waals surface area contributed by atoms with Crippen LogP contribution in [0.2, 0.25) is 0 Å². The average molecular weight is 366 g/mol. The lowest BCUT2D eigenvalue weighted by Gasteiger charge is -2.33. The van der Waals surface area contributed by atoms with Gasteiger partial charge in [0.15, 0.2) is 5.96 Å². The zero-order valence-corrected chi connectivity index (χ0v) is 16.6. The van der Waals surface area contributed by atoms with Gasteiger partial charge in [-0.1, -0.05) is 12.2 Å². The first-order valence-electron chi connectivity index (χ1n) is 9.67. The molecule has 2 heterocycles. The smallest absolute Gasteiger partial charge is 0.243 e. The maximum atomic E-state index is 11.9. The summed E-state index contributed by atoms with van der Waals surface area (Å²) in [5.74, 6) is 0.716. The molecule has 2 aliphatic heterocycles. The summed E-state index contributed by atoms with van der Waals surface area (Å²) >= 11 is 0. The van der Waals surface area contributed by atoms with Gasteiger partial charge in [0, 0.05) is 52.9 Å². The van der Waals surface area contributed by atoms with Gasteiger partial charge in [0.25, 0.3) is 0 Å². The average Bonchev–Trinajstić information content (AvgIpc) is 3.11. The van der Waals surface area contributed by atoms with Gasteiger partial charge in [-0.3, -0.25) is 9.69 Å². The van der Waals surface area contributed by atoms with E-state index in [2.05, 4.69) is 34.0 Å². The zero-order valence-electron chi connectivity index (χ0n) is 16.6. The lowest BCUT2D eigenvalue weighted by Crippen LogP contribution is -2.50. The highest BCUT2D eigenvalue weighted by Crippen LogP contribution is 2.12. The fourth-order valence-electron chi connectivity index (χ4n) is 3.27. The Balaban J connectivity index is 1.85. The summed E-state index contributed by atoms with van der Waals surface area (Å²) < 4.78 is 5.67. The van der Waals surface area contributed by atoms with E-state index < -0.39 is 0 Å². The minimum absolute atomic E-state index is 0.000469. The molecule has 0 aliphatic carbocycles. The molecule has 26 heavy (non-hydrogen) atoms. The molecule has 0 bridgehead atoms. The lowest BCUT2D eigenvalue weighted by atomic mass is 10.0. The largest absolute Gasteiger partial charge is 0.376 e. The second-order valence-electron chi connectivity index (χ2n) is 7.62. The number of ether oxygens (including phenoxy) is 1. The number of hydrogen-bond acceptors (Lipinski definition) is 4. The minimum atomic E-state index is -0.000469. The second kappa shape index (κ2) is 10.5. The van der Waals surface area contributed by atoms with Crippen molar-refractivity contribution < 1.29 is 9.53 Å². The van der Waals surface area contributed by atoms with E-state index in [4.69, 9.17) is 4.74 Å². The monoisotopic (exact) mass is 365 g/mol. The van der Waals surface area contributed by atoms with Crippen LogP contribution in [0.5, 0.6) is 0 Å². The molecule has 0 aromatic rings. The fourth-order valence-corrected chi connectivity index (χ4v) is 3.27. The van der Waals surface area contributed by atoms with Gasteiger partial charge < -0.3 is 20.3 Å². The van der Waals surface area contributed by atoms with Crippen molar-refractivity contribution in [1.29, 1.82) is 0 Å². The molecule has 0 aromatic carbocycles. The Bertz CT molecular complexity index is 492. The van der Waals surface area contributed by atoms with Crippen molar-refractivity contribution in [2.24, 2.45) is 4.99 Å². The molecule has 2 N–H and O–H groups in total. The predicted molar refractivity (Wildman–Crippen MR) is 105 cm³/mol. The van der Waals surface area contributed by atoms with Gasteiger partial charge >= 0.3 is 0 Å². The van der Waals surface area contributed by atoms with E-state index in [1.54, 1.807) is 19.0 Å². The van der Waals surface area contributed by atoms with Crippen molar-refractivity contribution in [3.05, 3.63) is 12.2 Å². The summed E-state index contributed by atoms with van der Waals surface area (Å²) in [7, 11) is 3.50. The number of nitrogens with one attached hydrogen (secondary N) is 2. The van der Waals surface area contributed by atoms with Crippen LogP contribution in [-0.2, 0) is 9.53 Å². The third kappa shape index (κ3) is 7.33. The number of carbonyl (C=O) groups is 1. The minimum Gasteiger partial charge on any atom is -0.376 e.